The first-order valence-corrected chi connectivity index (χ1v) is 10.7. The average Bonchev–Trinajstić information content (AvgIpc) is 3.11. The van der Waals surface area contributed by atoms with Crippen LogP contribution in [0, 0.1) is 0 Å². The fraction of sp³-hybridized carbons (Fsp3) is 0.696. The molecule has 0 spiro atoms. The molecule has 1 aromatic carbocycles. The summed E-state index contributed by atoms with van der Waals surface area (Å²) in [6.45, 7) is 3.07. The molecule has 0 aliphatic carbocycles. The molecule has 1 heterocycles. The number of ether oxygens (including phenoxy) is 3. The molecule has 0 amide bonds. The van der Waals surface area contributed by atoms with E-state index in [-0.39, 0.29) is 24.9 Å². The Morgan fingerprint density at radius 1 is 1.07 bits per heavy atom. The van der Waals surface area contributed by atoms with Crippen molar-refractivity contribution in [1.29, 1.82) is 0 Å². The van der Waals surface area contributed by atoms with Crippen LogP contribution in [0.4, 0.5) is 0 Å². The summed E-state index contributed by atoms with van der Waals surface area (Å²) in [5, 5.41) is 10.5. The van der Waals surface area contributed by atoms with Gasteiger partial charge in [-0.2, -0.15) is 0 Å². The highest BCUT2D eigenvalue weighted by molar-refractivity contribution is 5.73. The normalized spacial score (nSPS) is 20.2. The van der Waals surface area contributed by atoms with Gasteiger partial charge in [0.1, 0.15) is 18.0 Å². The van der Waals surface area contributed by atoms with Gasteiger partial charge in [-0.15, -0.1) is 0 Å². The second kappa shape index (κ2) is 12.8. The number of unbranched alkanes of at least 4 members (excludes halogenated alkanes) is 7. The molecule has 0 radical (unpaired) electrons. The van der Waals surface area contributed by atoms with E-state index in [9.17, 15) is 9.90 Å². The molecule has 1 aliphatic rings. The first kappa shape index (κ1) is 22.7. The van der Waals surface area contributed by atoms with Crippen LogP contribution in [0.25, 0.3) is 0 Å². The second-order valence-electron chi connectivity index (χ2n) is 7.66. The van der Waals surface area contributed by atoms with Gasteiger partial charge >= 0.3 is 5.97 Å². The first-order chi connectivity index (χ1) is 13.7. The zero-order valence-corrected chi connectivity index (χ0v) is 17.4. The minimum atomic E-state index is -0.812. The van der Waals surface area contributed by atoms with E-state index in [1.54, 1.807) is 7.11 Å². The number of benzene rings is 1. The molecule has 5 heteroatoms. The Kier molecular flexibility index (Phi) is 10.4. The Bertz CT molecular complexity index is 557. The van der Waals surface area contributed by atoms with Crippen LogP contribution in [0.2, 0.25) is 0 Å². The quantitative estimate of drug-likeness (QED) is 0.370. The van der Waals surface area contributed by atoms with Gasteiger partial charge in [0.05, 0.1) is 20.1 Å². The molecule has 1 aromatic rings. The third-order valence-corrected chi connectivity index (χ3v) is 5.40. The van der Waals surface area contributed by atoms with Crippen molar-refractivity contribution in [3.63, 3.8) is 0 Å². The van der Waals surface area contributed by atoms with E-state index < -0.39 is 12.2 Å². The fourth-order valence-corrected chi connectivity index (χ4v) is 3.72. The van der Waals surface area contributed by atoms with Crippen LogP contribution in [0.15, 0.2) is 24.3 Å². The molecule has 28 heavy (non-hydrogen) atoms. The monoisotopic (exact) mass is 392 g/mol. The molecule has 1 aliphatic heterocycles. The van der Waals surface area contributed by atoms with Gasteiger partial charge in [0.2, 0.25) is 0 Å². The largest absolute Gasteiger partial charge is 0.497 e. The van der Waals surface area contributed by atoms with Crippen molar-refractivity contribution in [3.05, 3.63) is 29.8 Å². The molecule has 0 unspecified atom stereocenters. The maximum Gasteiger partial charge on any atom is 0.306 e. The summed E-state index contributed by atoms with van der Waals surface area (Å²) in [4.78, 5) is 11.8. The van der Waals surface area contributed by atoms with Crippen molar-refractivity contribution >= 4 is 5.97 Å². The van der Waals surface area contributed by atoms with Crippen LogP contribution in [0.5, 0.6) is 5.75 Å². The van der Waals surface area contributed by atoms with Gasteiger partial charge < -0.3 is 19.3 Å². The van der Waals surface area contributed by atoms with Crippen molar-refractivity contribution in [1.82, 2.24) is 0 Å². The fourth-order valence-electron chi connectivity index (χ4n) is 3.72. The van der Waals surface area contributed by atoms with E-state index >= 15 is 0 Å². The maximum atomic E-state index is 11.8. The summed E-state index contributed by atoms with van der Waals surface area (Å²) >= 11 is 0. The van der Waals surface area contributed by atoms with E-state index in [0.717, 1.165) is 24.2 Å². The van der Waals surface area contributed by atoms with Gasteiger partial charge in [-0.3, -0.25) is 4.79 Å². The minimum Gasteiger partial charge on any atom is -0.497 e. The van der Waals surface area contributed by atoms with Gasteiger partial charge in [-0.1, -0.05) is 64.0 Å². The number of methoxy groups -OCH3 is 1. The number of hydrogen-bond acceptors (Lipinski definition) is 5. The Morgan fingerprint density at radius 2 is 1.71 bits per heavy atom. The summed E-state index contributed by atoms with van der Waals surface area (Å²) in [5.74, 6) is 0.341. The second-order valence-corrected chi connectivity index (χ2v) is 7.66. The molecule has 3 atom stereocenters. The van der Waals surface area contributed by atoms with E-state index in [4.69, 9.17) is 14.2 Å². The Hall–Kier alpha value is -1.59. The predicted octanol–water partition coefficient (Wildman–Crippen LogP) is 4.61. The summed E-state index contributed by atoms with van der Waals surface area (Å²) in [7, 11) is 1.62. The van der Waals surface area contributed by atoms with Crippen molar-refractivity contribution in [3.8, 4) is 5.75 Å². The third-order valence-electron chi connectivity index (χ3n) is 5.40. The van der Waals surface area contributed by atoms with E-state index in [1.165, 1.54) is 38.5 Å². The van der Waals surface area contributed by atoms with Gasteiger partial charge in [0.25, 0.3) is 0 Å². The zero-order valence-electron chi connectivity index (χ0n) is 17.4. The van der Waals surface area contributed by atoms with Gasteiger partial charge in [-0.25, -0.2) is 0 Å². The first-order valence-electron chi connectivity index (χ1n) is 10.7. The number of aliphatic hydroxyl groups is 1. The summed E-state index contributed by atoms with van der Waals surface area (Å²) in [6.07, 6.45) is 8.91. The van der Waals surface area contributed by atoms with Crippen LogP contribution in [-0.4, -0.2) is 43.6 Å². The van der Waals surface area contributed by atoms with E-state index in [0.29, 0.717) is 6.61 Å². The molecule has 0 bridgehead atoms. The Balaban J connectivity index is 1.67. The molecular formula is C23H36O5. The molecule has 1 fully saturated rings. The SMILES string of the molecule is CCCCCCCCCCOC[C@@H](O)[C@@H]1OC(=O)C[C@H]1c1ccc(OC)cc1. The van der Waals surface area contributed by atoms with Crippen molar-refractivity contribution in [2.75, 3.05) is 20.3 Å². The topological polar surface area (TPSA) is 65.0 Å². The number of aliphatic hydroxyl groups excluding tert-OH is 1. The van der Waals surface area contributed by atoms with E-state index in [2.05, 4.69) is 6.92 Å². The van der Waals surface area contributed by atoms with Crippen LogP contribution in [-0.2, 0) is 14.3 Å². The van der Waals surface area contributed by atoms with Crippen LogP contribution in [0.1, 0.15) is 76.2 Å². The van der Waals surface area contributed by atoms with Crippen LogP contribution >= 0.6 is 0 Å². The highest BCUT2D eigenvalue weighted by Crippen LogP contribution is 2.34. The average molecular weight is 393 g/mol. The number of carbonyl (C=O) groups is 1. The number of carbonyl (C=O) groups excluding carboxylic acids is 1. The lowest BCUT2D eigenvalue weighted by atomic mass is 9.90. The highest BCUT2D eigenvalue weighted by Gasteiger charge is 2.40. The lowest BCUT2D eigenvalue weighted by Gasteiger charge is -2.23. The minimum absolute atomic E-state index is 0.153. The lowest BCUT2D eigenvalue weighted by molar-refractivity contribution is -0.147. The molecular weight excluding hydrogens is 356 g/mol. The van der Waals surface area contributed by atoms with Crippen LogP contribution in [0.3, 0.4) is 0 Å². The Labute approximate surface area is 169 Å². The molecule has 5 nitrogen and oxygen atoms in total. The van der Waals surface area contributed by atoms with Gasteiger partial charge in [-0.05, 0) is 24.1 Å². The third kappa shape index (κ3) is 7.44. The Morgan fingerprint density at radius 3 is 2.36 bits per heavy atom. The van der Waals surface area contributed by atoms with Crippen LogP contribution < -0.4 is 4.74 Å². The molecule has 0 aromatic heterocycles. The van der Waals surface area contributed by atoms with Gasteiger partial charge in [0.15, 0.2) is 0 Å². The number of rotatable bonds is 14. The van der Waals surface area contributed by atoms with Crippen molar-refractivity contribution in [2.45, 2.75) is 82.8 Å². The molecule has 0 saturated carbocycles. The number of cyclic esters (lactones) is 1. The summed E-state index contributed by atoms with van der Waals surface area (Å²) in [6, 6.07) is 7.57. The maximum absolute atomic E-state index is 11.8. The standard InChI is InChI=1S/C23H36O5/c1-3-4-5-6-7-8-9-10-15-27-17-21(24)23-20(16-22(25)28-23)18-11-13-19(26-2)14-12-18/h11-14,20-21,23-24H,3-10,15-17H2,1-2H3/t20-,21+,23+/m0/s1. The highest BCUT2D eigenvalue weighted by atomic mass is 16.6. The number of hydrogen-bond donors (Lipinski definition) is 1. The summed E-state index contributed by atoms with van der Waals surface area (Å²) in [5.41, 5.74) is 0.971. The smallest absolute Gasteiger partial charge is 0.306 e. The molecule has 158 valence electrons. The van der Waals surface area contributed by atoms with Crippen molar-refractivity contribution in [2.24, 2.45) is 0 Å². The summed E-state index contributed by atoms with van der Waals surface area (Å²) < 4.78 is 16.2. The molecule has 1 saturated heterocycles. The van der Waals surface area contributed by atoms with Gasteiger partial charge in [0, 0.05) is 12.5 Å². The number of esters is 1. The molecule has 2 rings (SSSR count). The molecule has 1 N–H and O–H groups in total. The zero-order chi connectivity index (χ0) is 20.2. The predicted molar refractivity (Wildman–Crippen MR) is 110 cm³/mol. The van der Waals surface area contributed by atoms with E-state index in [1.807, 2.05) is 24.3 Å². The van der Waals surface area contributed by atoms with Crippen molar-refractivity contribution < 1.29 is 24.1 Å². The lowest BCUT2D eigenvalue weighted by Crippen LogP contribution is -2.34.